The van der Waals surface area contributed by atoms with Gasteiger partial charge in [-0.3, -0.25) is 0 Å². The Balaban J connectivity index is 1.51. The molecule has 2 N–H and O–H groups in total. The first kappa shape index (κ1) is 20.3. The van der Waals surface area contributed by atoms with Gasteiger partial charge in [-0.15, -0.1) is 0 Å². The van der Waals surface area contributed by atoms with E-state index in [1.807, 2.05) is 24.3 Å². The quantitative estimate of drug-likeness (QED) is 0.702. The molecule has 0 aliphatic heterocycles. The molecule has 4 nitrogen and oxygen atoms in total. The number of rotatable bonds is 7. The fourth-order valence-corrected chi connectivity index (χ4v) is 3.93. The van der Waals surface area contributed by atoms with E-state index in [-0.39, 0.29) is 12.0 Å². The lowest BCUT2D eigenvalue weighted by molar-refractivity contribution is 0.0600. The van der Waals surface area contributed by atoms with Gasteiger partial charge in [0.15, 0.2) is 0 Å². The van der Waals surface area contributed by atoms with E-state index in [2.05, 4.69) is 24.3 Å². The van der Waals surface area contributed by atoms with Gasteiger partial charge in [0.2, 0.25) is 0 Å². The van der Waals surface area contributed by atoms with E-state index in [9.17, 15) is 15.0 Å². The molecule has 3 rings (SSSR count). The van der Waals surface area contributed by atoms with Crippen LogP contribution in [-0.4, -0.2) is 29.4 Å². The Morgan fingerprint density at radius 3 is 2.79 bits per heavy atom. The molecule has 148 valence electrons. The fourth-order valence-electron chi connectivity index (χ4n) is 3.93. The highest BCUT2D eigenvalue weighted by Gasteiger charge is 2.27. The van der Waals surface area contributed by atoms with Crippen molar-refractivity contribution in [2.45, 2.75) is 44.3 Å². The third kappa shape index (κ3) is 5.31. The molecule has 2 aromatic carbocycles. The minimum absolute atomic E-state index is 0.236. The molecule has 0 radical (unpaired) electrons. The van der Waals surface area contributed by atoms with E-state index in [1.165, 1.54) is 7.11 Å². The van der Waals surface area contributed by atoms with Crippen LogP contribution in [0.25, 0.3) is 6.08 Å². The van der Waals surface area contributed by atoms with E-state index >= 15 is 0 Å². The van der Waals surface area contributed by atoms with Crippen molar-refractivity contribution in [3.05, 3.63) is 76.9 Å². The number of carbonyl (C=O) groups is 1. The summed E-state index contributed by atoms with van der Waals surface area (Å²) in [5.41, 5.74) is 3.48. The van der Waals surface area contributed by atoms with Crippen LogP contribution in [0, 0.1) is 5.92 Å². The molecular formula is C24H28O4. The monoisotopic (exact) mass is 380 g/mol. The summed E-state index contributed by atoms with van der Waals surface area (Å²) in [6, 6.07) is 15.5. The van der Waals surface area contributed by atoms with E-state index in [1.54, 1.807) is 12.1 Å². The normalized spacial score (nSPS) is 20.0. The Hall–Kier alpha value is -2.43. The van der Waals surface area contributed by atoms with E-state index < -0.39 is 12.1 Å². The topological polar surface area (TPSA) is 66.8 Å². The van der Waals surface area contributed by atoms with Crippen LogP contribution in [0.15, 0.2) is 54.6 Å². The van der Waals surface area contributed by atoms with Crippen molar-refractivity contribution in [2.24, 2.45) is 5.92 Å². The number of ether oxygens (including phenoxy) is 1. The number of allylic oxidation sites excluding steroid dienone is 1. The Bertz CT molecular complexity index is 813. The smallest absolute Gasteiger partial charge is 0.337 e. The van der Waals surface area contributed by atoms with Crippen LogP contribution in [-0.2, 0) is 11.2 Å². The Morgan fingerprint density at radius 1 is 1.25 bits per heavy atom. The summed E-state index contributed by atoms with van der Waals surface area (Å²) in [7, 11) is 1.35. The summed E-state index contributed by atoms with van der Waals surface area (Å²) in [4.78, 5) is 11.7. The maximum Gasteiger partial charge on any atom is 0.337 e. The highest BCUT2D eigenvalue weighted by atomic mass is 16.5. The second-order valence-corrected chi connectivity index (χ2v) is 7.51. The number of aliphatic hydroxyl groups is 2. The van der Waals surface area contributed by atoms with Gasteiger partial charge in [-0.1, -0.05) is 48.6 Å². The van der Waals surface area contributed by atoms with Crippen molar-refractivity contribution >= 4 is 12.0 Å². The molecule has 1 aliphatic rings. The van der Waals surface area contributed by atoms with Gasteiger partial charge in [0.05, 0.1) is 24.9 Å². The summed E-state index contributed by atoms with van der Waals surface area (Å²) in [6.07, 6.45) is 6.81. The summed E-state index contributed by atoms with van der Waals surface area (Å²) in [6.45, 7) is 0. The molecule has 0 aromatic heterocycles. The number of methoxy groups -OCH3 is 1. The van der Waals surface area contributed by atoms with Crippen molar-refractivity contribution in [1.82, 2.24) is 0 Å². The standard InChI is InChI=1S/C24H28O4/c1-28-24(27)20-12-11-19-13-18(15-23(26)22(19)16-20)14-21(25)10-6-5-9-17-7-3-2-4-8-17/h2-5,7-9,11-12,16,18,21,23,25-26H,6,10,13-15H2,1H3/b9-5-. The third-order valence-corrected chi connectivity index (χ3v) is 5.37. The molecule has 0 heterocycles. The van der Waals surface area contributed by atoms with Gasteiger partial charge in [-0.2, -0.15) is 0 Å². The third-order valence-electron chi connectivity index (χ3n) is 5.37. The first-order valence-electron chi connectivity index (χ1n) is 9.85. The van der Waals surface area contributed by atoms with Gasteiger partial charge in [-0.05, 0) is 66.8 Å². The molecule has 28 heavy (non-hydrogen) atoms. The number of aliphatic hydroxyl groups excluding tert-OH is 2. The number of hydrogen-bond donors (Lipinski definition) is 2. The van der Waals surface area contributed by atoms with Crippen LogP contribution in [0.4, 0.5) is 0 Å². The zero-order valence-corrected chi connectivity index (χ0v) is 16.3. The molecule has 2 aromatic rings. The van der Waals surface area contributed by atoms with Gasteiger partial charge in [0.25, 0.3) is 0 Å². The van der Waals surface area contributed by atoms with Gasteiger partial charge in [0, 0.05) is 0 Å². The first-order chi connectivity index (χ1) is 13.6. The number of fused-ring (bicyclic) bond motifs is 1. The minimum atomic E-state index is -0.608. The summed E-state index contributed by atoms with van der Waals surface area (Å²) >= 11 is 0. The molecule has 0 saturated carbocycles. The molecule has 0 saturated heterocycles. The zero-order valence-electron chi connectivity index (χ0n) is 16.3. The minimum Gasteiger partial charge on any atom is -0.465 e. The lowest BCUT2D eigenvalue weighted by atomic mass is 9.78. The van der Waals surface area contributed by atoms with Gasteiger partial charge >= 0.3 is 5.97 Å². The lowest BCUT2D eigenvalue weighted by Gasteiger charge is -2.30. The Labute approximate surface area is 166 Å². The number of carbonyl (C=O) groups excluding carboxylic acids is 1. The van der Waals surface area contributed by atoms with Crippen molar-refractivity contribution in [3.8, 4) is 0 Å². The Kier molecular flexibility index (Phi) is 7.01. The highest BCUT2D eigenvalue weighted by molar-refractivity contribution is 5.89. The van der Waals surface area contributed by atoms with Crippen molar-refractivity contribution < 1.29 is 19.7 Å². The largest absolute Gasteiger partial charge is 0.465 e. The molecule has 0 spiro atoms. The molecule has 0 amide bonds. The first-order valence-corrected chi connectivity index (χ1v) is 9.85. The predicted molar refractivity (Wildman–Crippen MR) is 110 cm³/mol. The predicted octanol–water partition coefficient (Wildman–Crippen LogP) is 4.31. The maximum atomic E-state index is 11.7. The number of benzene rings is 2. The van der Waals surface area contributed by atoms with E-state index in [0.717, 1.165) is 29.5 Å². The second-order valence-electron chi connectivity index (χ2n) is 7.51. The van der Waals surface area contributed by atoms with Crippen molar-refractivity contribution in [3.63, 3.8) is 0 Å². The van der Waals surface area contributed by atoms with Gasteiger partial charge < -0.3 is 14.9 Å². The fraction of sp³-hybridized carbons (Fsp3) is 0.375. The number of esters is 1. The van der Waals surface area contributed by atoms with Gasteiger partial charge in [-0.25, -0.2) is 4.79 Å². The average Bonchev–Trinajstić information content (AvgIpc) is 2.71. The zero-order chi connectivity index (χ0) is 19.9. The molecule has 0 bridgehead atoms. The molecule has 3 unspecified atom stereocenters. The van der Waals surface area contributed by atoms with Crippen LogP contribution in [0.1, 0.15) is 58.8 Å². The summed E-state index contributed by atoms with van der Waals surface area (Å²) in [5.74, 6) is -0.157. The SMILES string of the molecule is COC(=O)c1ccc2c(c1)C(O)CC(CC(O)CC/C=C\c1ccccc1)C2. The molecular weight excluding hydrogens is 352 g/mol. The summed E-state index contributed by atoms with van der Waals surface area (Å²) in [5, 5.41) is 20.9. The highest BCUT2D eigenvalue weighted by Crippen LogP contribution is 2.36. The van der Waals surface area contributed by atoms with E-state index in [4.69, 9.17) is 4.74 Å². The Morgan fingerprint density at radius 2 is 2.04 bits per heavy atom. The average molecular weight is 380 g/mol. The molecule has 0 fully saturated rings. The van der Waals surface area contributed by atoms with Gasteiger partial charge in [0.1, 0.15) is 0 Å². The maximum absolute atomic E-state index is 11.7. The molecule has 3 atom stereocenters. The molecule has 1 aliphatic carbocycles. The van der Waals surface area contributed by atoms with E-state index in [0.29, 0.717) is 24.8 Å². The van der Waals surface area contributed by atoms with Crippen LogP contribution in [0.3, 0.4) is 0 Å². The van der Waals surface area contributed by atoms with Crippen LogP contribution >= 0.6 is 0 Å². The van der Waals surface area contributed by atoms with Crippen molar-refractivity contribution in [2.75, 3.05) is 7.11 Å². The number of hydrogen-bond acceptors (Lipinski definition) is 4. The van der Waals surface area contributed by atoms with Crippen LogP contribution in [0.2, 0.25) is 0 Å². The van der Waals surface area contributed by atoms with Crippen LogP contribution < -0.4 is 0 Å². The lowest BCUT2D eigenvalue weighted by Crippen LogP contribution is -2.23. The summed E-state index contributed by atoms with van der Waals surface area (Å²) < 4.78 is 4.75. The molecule has 4 heteroatoms. The van der Waals surface area contributed by atoms with Crippen molar-refractivity contribution in [1.29, 1.82) is 0 Å². The second kappa shape index (κ2) is 9.67. The van der Waals surface area contributed by atoms with Crippen LogP contribution in [0.5, 0.6) is 0 Å².